The number of esters is 1. The van der Waals surface area contributed by atoms with Gasteiger partial charge in [-0.15, -0.1) is 0 Å². The summed E-state index contributed by atoms with van der Waals surface area (Å²) < 4.78 is 4.88. The van der Waals surface area contributed by atoms with Crippen molar-refractivity contribution in [2.24, 2.45) is 0 Å². The lowest BCUT2D eigenvalue weighted by atomic mass is 10.0. The third-order valence-corrected chi connectivity index (χ3v) is 2.72. The first kappa shape index (κ1) is 12.7. The topological polar surface area (TPSA) is 50.1 Å². The van der Waals surface area contributed by atoms with E-state index in [4.69, 9.17) is 10.00 Å². The van der Waals surface area contributed by atoms with Crippen molar-refractivity contribution in [2.75, 3.05) is 6.61 Å². The molecule has 4 heteroatoms. The molecule has 3 nitrogen and oxygen atoms in total. The van der Waals surface area contributed by atoms with E-state index in [1.54, 1.807) is 19.1 Å². The summed E-state index contributed by atoms with van der Waals surface area (Å²) in [5.41, 5.74) is 2.41. The average Bonchev–Trinajstić information content (AvgIpc) is 2.29. The Kier molecular flexibility index (Phi) is 5.00. The largest absolute Gasteiger partial charge is 0.466 e. The molecule has 0 fully saturated rings. The van der Waals surface area contributed by atoms with Crippen molar-refractivity contribution in [1.82, 2.24) is 0 Å². The Morgan fingerprint density at radius 3 is 2.81 bits per heavy atom. The van der Waals surface area contributed by atoms with Crippen molar-refractivity contribution in [3.63, 3.8) is 0 Å². The maximum absolute atomic E-state index is 11.4. The van der Waals surface area contributed by atoms with Crippen molar-refractivity contribution in [3.05, 3.63) is 34.9 Å². The van der Waals surface area contributed by atoms with Gasteiger partial charge in [0.2, 0.25) is 0 Å². The van der Waals surface area contributed by atoms with E-state index >= 15 is 0 Å². The Hall–Kier alpha value is -1.34. The van der Waals surface area contributed by atoms with Crippen LogP contribution >= 0.6 is 15.9 Å². The molecule has 1 aromatic rings. The quantitative estimate of drug-likeness (QED) is 0.630. The van der Waals surface area contributed by atoms with E-state index < -0.39 is 0 Å². The minimum atomic E-state index is -0.264. The molecule has 0 amide bonds. The number of halogens is 1. The third kappa shape index (κ3) is 3.35. The number of nitriles is 1. The van der Waals surface area contributed by atoms with E-state index in [2.05, 4.69) is 22.0 Å². The Morgan fingerprint density at radius 2 is 2.25 bits per heavy atom. The van der Waals surface area contributed by atoms with Gasteiger partial charge in [-0.25, -0.2) is 0 Å². The van der Waals surface area contributed by atoms with Gasteiger partial charge in [0.1, 0.15) is 0 Å². The molecule has 16 heavy (non-hydrogen) atoms. The fraction of sp³-hybridized carbons (Fsp3) is 0.333. The highest BCUT2D eigenvalue weighted by Crippen LogP contribution is 2.16. The number of nitrogens with zero attached hydrogens (tertiary/aromatic N) is 1. The molecule has 0 bridgehead atoms. The van der Waals surface area contributed by atoms with Gasteiger partial charge in [-0.3, -0.25) is 4.79 Å². The Morgan fingerprint density at radius 1 is 1.50 bits per heavy atom. The van der Waals surface area contributed by atoms with Crippen molar-refractivity contribution in [2.45, 2.75) is 18.7 Å². The maximum atomic E-state index is 11.4. The van der Waals surface area contributed by atoms with E-state index in [0.717, 1.165) is 11.1 Å². The molecule has 0 radical (unpaired) electrons. The molecule has 0 aliphatic heterocycles. The Labute approximate surface area is 103 Å². The molecule has 0 unspecified atom stereocenters. The molecule has 0 N–H and O–H groups in total. The molecule has 0 aliphatic carbocycles. The van der Waals surface area contributed by atoms with Crippen molar-refractivity contribution in [1.29, 1.82) is 5.26 Å². The number of carbonyl (C=O) groups excluding carboxylic acids is 1. The molecule has 1 aromatic carbocycles. The lowest BCUT2D eigenvalue weighted by Crippen LogP contribution is -2.09. The number of rotatable bonds is 4. The predicted molar refractivity (Wildman–Crippen MR) is 64.1 cm³/mol. The van der Waals surface area contributed by atoms with Gasteiger partial charge >= 0.3 is 5.97 Å². The minimum Gasteiger partial charge on any atom is -0.466 e. The van der Waals surface area contributed by atoms with Crippen LogP contribution < -0.4 is 0 Å². The molecular formula is C12H12BrNO2. The molecule has 0 aliphatic rings. The zero-order valence-corrected chi connectivity index (χ0v) is 10.6. The summed E-state index contributed by atoms with van der Waals surface area (Å²) in [5.74, 6) is -0.264. The van der Waals surface area contributed by atoms with Crippen LogP contribution in [0.1, 0.15) is 23.6 Å². The molecule has 0 saturated heterocycles. The van der Waals surface area contributed by atoms with Crippen LogP contribution in [0.4, 0.5) is 0 Å². The van der Waals surface area contributed by atoms with Crippen LogP contribution in [-0.4, -0.2) is 12.6 Å². The van der Waals surface area contributed by atoms with Gasteiger partial charge in [-0.05, 0) is 30.2 Å². The smallest absolute Gasteiger partial charge is 0.310 e. The summed E-state index contributed by atoms with van der Waals surface area (Å²) in [6.07, 6.45) is 0.213. The summed E-state index contributed by atoms with van der Waals surface area (Å²) in [6.45, 7) is 2.15. The zero-order chi connectivity index (χ0) is 12.0. The van der Waals surface area contributed by atoms with Gasteiger partial charge in [0.05, 0.1) is 24.7 Å². The van der Waals surface area contributed by atoms with Gasteiger partial charge < -0.3 is 4.74 Å². The first-order valence-electron chi connectivity index (χ1n) is 4.94. The number of alkyl halides is 1. The molecule has 0 aromatic heterocycles. The van der Waals surface area contributed by atoms with Crippen LogP contribution in [0.2, 0.25) is 0 Å². The Balaban J connectivity index is 2.92. The van der Waals surface area contributed by atoms with Crippen LogP contribution in [0.15, 0.2) is 18.2 Å². The van der Waals surface area contributed by atoms with Gasteiger partial charge in [0.15, 0.2) is 0 Å². The van der Waals surface area contributed by atoms with Gasteiger partial charge in [-0.1, -0.05) is 22.0 Å². The molecule has 0 atom stereocenters. The predicted octanol–water partition coefficient (Wildman–Crippen LogP) is 2.56. The second kappa shape index (κ2) is 6.29. The van der Waals surface area contributed by atoms with Crippen LogP contribution in [-0.2, 0) is 21.3 Å². The first-order chi connectivity index (χ1) is 7.71. The normalized spacial score (nSPS) is 9.56. The highest BCUT2D eigenvalue weighted by molar-refractivity contribution is 9.08. The molecule has 0 heterocycles. The van der Waals surface area contributed by atoms with E-state index in [0.29, 0.717) is 17.5 Å². The van der Waals surface area contributed by atoms with Crippen molar-refractivity contribution < 1.29 is 9.53 Å². The van der Waals surface area contributed by atoms with Crippen molar-refractivity contribution >= 4 is 21.9 Å². The second-order valence-electron chi connectivity index (χ2n) is 3.21. The van der Waals surface area contributed by atoms with Crippen LogP contribution in [0.3, 0.4) is 0 Å². The SMILES string of the molecule is CCOC(=O)Cc1cc(C#N)ccc1CBr. The fourth-order valence-corrected chi connectivity index (χ4v) is 1.90. The van der Waals surface area contributed by atoms with Gasteiger partial charge in [0, 0.05) is 5.33 Å². The molecule has 0 saturated carbocycles. The number of carbonyl (C=O) groups is 1. The standard InChI is InChI=1S/C12H12BrNO2/c1-2-16-12(15)6-11-5-9(8-14)3-4-10(11)7-13/h3-5H,2,6-7H2,1H3. The average molecular weight is 282 g/mol. The number of hydrogen-bond acceptors (Lipinski definition) is 3. The number of ether oxygens (including phenoxy) is 1. The lowest BCUT2D eigenvalue weighted by molar-refractivity contribution is -0.142. The zero-order valence-electron chi connectivity index (χ0n) is 9.00. The third-order valence-electron chi connectivity index (χ3n) is 2.12. The van der Waals surface area contributed by atoms with Crippen LogP contribution in [0.25, 0.3) is 0 Å². The fourth-order valence-electron chi connectivity index (χ4n) is 1.36. The number of hydrogen-bond donors (Lipinski definition) is 0. The highest BCUT2D eigenvalue weighted by atomic mass is 79.9. The lowest BCUT2D eigenvalue weighted by Gasteiger charge is -2.07. The second-order valence-corrected chi connectivity index (χ2v) is 3.77. The highest BCUT2D eigenvalue weighted by Gasteiger charge is 2.09. The molecule has 84 valence electrons. The summed E-state index contributed by atoms with van der Waals surface area (Å²) in [4.78, 5) is 11.4. The van der Waals surface area contributed by atoms with E-state index in [1.165, 1.54) is 0 Å². The summed E-state index contributed by atoms with van der Waals surface area (Å²) >= 11 is 3.35. The Bertz CT molecular complexity index is 424. The minimum absolute atomic E-state index is 0.213. The van der Waals surface area contributed by atoms with Crippen molar-refractivity contribution in [3.8, 4) is 6.07 Å². The first-order valence-corrected chi connectivity index (χ1v) is 6.07. The van der Waals surface area contributed by atoms with Gasteiger partial charge in [-0.2, -0.15) is 5.26 Å². The molecule has 0 spiro atoms. The molecular weight excluding hydrogens is 270 g/mol. The van der Waals surface area contributed by atoms with E-state index in [9.17, 15) is 4.79 Å². The van der Waals surface area contributed by atoms with Gasteiger partial charge in [0.25, 0.3) is 0 Å². The summed E-state index contributed by atoms with van der Waals surface area (Å²) in [6, 6.07) is 7.38. The molecule has 1 rings (SSSR count). The van der Waals surface area contributed by atoms with Crippen LogP contribution in [0.5, 0.6) is 0 Å². The summed E-state index contributed by atoms with van der Waals surface area (Å²) in [7, 11) is 0. The van der Waals surface area contributed by atoms with Crippen LogP contribution in [0, 0.1) is 11.3 Å². The van der Waals surface area contributed by atoms with E-state index in [-0.39, 0.29) is 12.4 Å². The van der Waals surface area contributed by atoms with E-state index in [1.807, 2.05) is 6.07 Å². The monoisotopic (exact) mass is 281 g/mol. The summed E-state index contributed by atoms with van der Waals surface area (Å²) in [5, 5.41) is 9.45. The maximum Gasteiger partial charge on any atom is 0.310 e. The number of benzene rings is 1.